The first kappa shape index (κ1) is 17.7. The summed E-state index contributed by atoms with van der Waals surface area (Å²) in [5.74, 6) is 1.41. The van der Waals surface area contributed by atoms with Crippen LogP contribution in [0.5, 0.6) is 0 Å². The van der Waals surface area contributed by atoms with Crippen LogP contribution in [-0.4, -0.2) is 48.3 Å². The van der Waals surface area contributed by atoms with Gasteiger partial charge in [0.25, 0.3) is 0 Å². The molecule has 0 saturated carbocycles. The first-order valence-corrected chi connectivity index (χ1v) is 7.18. The lowest BCUT2D eigenvalue weighted by molar-refractivity contribution is 0.326. The fourth-order valence-corrected chi connectivity index (χ4v) is 2.08. The number of aromatic amines is 4. The summed E-state index contributed by atoms with van der Waals surface area (Å²) in [5.41, 5.74) is 9.85. The summed E-state index contributed by atoms with van der Waals surface area (Å²) in [5, 5.41) is 0. The lowest BCUT2D eigenvalue weighted by Crippen LogP contribution is -2.44. The lowest BCUT2D eigenvalue weighted by Gasteiger charge is -2.30. The number of aryl methyl sites for hydroxylation is 1. The number of aliphatic imine (C=N–C) groups is 2. The summed E-state index contributed by atoms with van der Waals surface area (Å²) >= 11 is 0. The molecule has 25 heavy (non-hydrogen) atoms. The predicted octanol–water partition coefficient (Wildman–Crippen LogP) is -2.57. The van der Waals surface area contributed by atoms with Gasteiger partial charge in [-0.05, 0) is 13.8 Å². The van der Waals surface area contributed by atoms with Crippen LogP contribution in [0.2, 0.25) is 0 Å². The van der Waals surface area contributed by atoms with Gasteiger partial charge in [0.1, 0.15) is 5.82 Å². The molecule has 3 heterocycles. The maximum atomic E-state index is 10.2. The molecule has 134 valence electrons. The average molecular weight is 350 g/mol. The summed E-state index contributed by atoms with van der Waals surface area (Å²) in [6.07, 6.45) is 1.47. The number of imidazole rings is 1. The number of aromatic nitrogens is 5. The van der Waals surface area contributed by atoms with Crippen molar-refractivity contribution in [3.63, 3.8) is 0 Å². The van der Waals surface area contributed by atoms with Crippen LogP contribution >= 0.6 is 0 Å². The molecule has 1 aliphatic rings. The zero-order chi connectivity index (χ0) is 18.6. The van der Waals surface area contributed by atoms with Crippen LogP contribution in [0.4, 0.5) is 0 Å². The molecule has 0 saturated heterocycles. The van der Waals surface area contributed by atoms with E-state index < -0.39 is 17.1 Å². The summed E-state index contributed by atoms with van der Waals surface area (Å²) < 4.78 is 0. The van der Waals surface area contributed by atoms with Crippen molar-refractivity contribution < 1.29 is 0 Å². The second kappa shape index (κ2) is 7.29. The monoisotopic (exact) mass is 350 g/mol. The van der Waals surface area contributed by atoms with Crippen molar-refractivity contribution in [2.24, 2.45) is 21.5 Å². The Balaban J connectivity index is 0.000000212. The highest BCUT2D eigenvalue weighted by Gasteiger charge is 2.25. The van der Waals surface area contributed by atoms with Gasteiger partial charge in [-0.3, -0.25) is 15.0 Å². The number of hydrogen-bond acceptors (Lipinski definition) is 9. The van der Waals surface area contributed by atoms with Gasteiger partial charge in [-0.25, -0.2) is 24.4 Å². The summed E-state index contributed by atoms with van der Waals surface area (Å²) in [7, 11) is 0. The Bertz CT molecular complexity index is 884. The van der Waals surface area contributed by atoms with Crippen molar-refractivity contribution in [2.45, 2.75) is 20.0 Å². The third-order valence-electron chi connectivity index (χ3n) is 3.10. The van der Waals surface area contributed by atoms with Gasteiger partial charge < -0.3 is 21.4 Å². The van der Waals surface area contributed by atoms with Crippen molar-refractivity contribution in [2.75, 3.05) is 6.54 Å². The molecule has 0 aromatic carbocycles. The average Bonchev–Trinajstić information content (AvgIpc) is 2.92. The van der Waals surface area contributed by atoms with Gasteiger partial charge in [-0.1, -0.05) is 0 Å². The highest BCUT2D eigenvalue weighted by molar-refractivity contribution is 5.95. The quantitative estimate of drug-likeness (QED) is 0.341. The first-order valence-electron chi connectivity index (χ1n) is 7.18. The van der Waals surface area contributed by atoms with Gasteiger partial charge in [0.05, 0.1) is 11.9 Å². The fourth-order valence-electron chi connectivity index (χ4n) is 2.08. The molecule has 13 nitrogen and oxygen atoms in total. The second-order valence-electron chi connectivity index (χ2n) is 4.90. The molecule has 2 aromatic rings. The topological polar surface area (TPSA) is 207 Å². The third kappa shape index (κ3) is 4.43. The van der Waals surface area contributed by atoms with Crippen molar-refractivity contribution in [3.05, 3.63) is 49.2 Å². The van der Waals surface area contributed by atoms with Crippen molar-refractivity contribution in [3.8, 4) is 0 Å². The Kier molecular flexibility index (Phi) is 5.16. The molecule has 3 rings (SSSR count). The molecule has 0 amide bonds. The fraction of sp³-hybridized carbons (Fsp3) is 0.333. The number of nitrogens with zero attached hydrogens (tertiary/aromatic N) is 4. The highest BCUT2D eigenvalue weighted by atomic mass is 16.2. The molecule has 1 atom stereocenters. The van der Waals surface area contributed by atoms with Crippen LogP contribution in [0.15, 0.2) is 30.6 Å². The minimum absolute atomic E-state index is 0.194. The van der Waals surface area contributed by atoms with E-state index in [2.05, 4.69) is 20.0 Å². The van der Waals surface area contributed by atoms with E-state index in [9.17, 15) is 14.4 Å². The maximum Gasteiger partial charge on any atom is 0.330 e. The van der Waals surface area contributed by atoms with E-state index in [-0.39, 0.29) is 12.1 Å². The number of guanidine groups is 2. The number of hydrogen-bond donors (Lipinski definition) is 6. The molecular weight excluding hydrogens is 332 g/mol. The summed E-state index contributed by atoms with van der Waals surface area (Å²) in [6.45, 7) is 4.57. The van der Waals surface area contributed by atoms with Crippen molar-refractivity contribution in [1.29, 1.82) is 0 Å². The highest BCUT2D eigenvalue weighted by Crippen LogP contribution is 2.22. The van der Waals surface area contributed by atoms with E-state index in [0.717, 1.165) is 11.5 Å². The van der Waals surface area contributed by atoms with E-state index in [1.54, 1.807) is 21.1 Å². The van der Waals surface area contributed by atoms with Crippen LogP contribution in [0.3, 0.4) is 0 Å². The zero-order valence-electron chi connectivity index (χ0n) is 13.5. The van der Waals surface area contributed by atoms with Crippen molar-refractivity contribution in [1.82, 2.24) is 29.8 Å². The minimum Gasteiger partial charge on any atom is -0.369 e. The van der Waals surface area contributed by atoms with Crippen LogP contribution < -0.4 is 28.5 Å². The van der Waals surface area contributed by atoms with Gasteiger partial charge >= 0.3 is 17.1 Å². The van der Waals surface area contributed by atoms with E-state index >= 15 is 0 Å². The van der Waals surface area contributed by atoms with Crippen LogP contribution in [0.1, 0.15) is 24.6 Å². The number of nitrogens with one attached hydrogen (secondary N) is 4. The lowest BCUT2D eigenvalue weighted by atomic mass is 10.3. The number of H-pyrrole nitrogens is 4. The Morgan fingerprint density at radius 1 is 1.08 bits per heavy atom. The maximum absolute atomic E-state index is 10.2. The SMILES string of the molecule is CCN1C(N)=NC(N)=NC1c1cnc(C)[nH]1.O=c1[nH]c(=O)[nH]c(=O)[nH]1. The largest absolute Gasteiger partial charge is 0.369 e. The Hall–Kier alpha value is -3.64. The van der Waals surface area contributed by atoms with Crippen LogP contribution in [-0.2, 0) is 0 Å². The Morgan fingerprint density at radius 3 is 2.08 bits per heavy atom. The third-order valence-corrected chi connectivity index (χ3v) is 3.10. The summed E-state index contributed by atoms with van der Waals surface area (Å²) in [4.78, 5) is 53.2. The standard InChI is InChI=1S/C9H15N7.C3H3N3O3/c1-3-16-7(6-4-12-5(2)13-6)14-8(10)15-9(16)11;7-1-4-2(8)6-3(9)5-1/h4,7H,3H2,1-2H3,(H,12,13)(H4,10,11,14,15);(H3,4,5,6,7,8,9). The predicted molar refractivity (Wildman–Crippen MR) is 90.0 cm³/mol. The van der Waals surface area contributed by atoms with Gasteiger partial charge in [-0.2, -0.15) is 4.99 Å². The normalized spacial score (nSPS) is 16.6. The van der Waals surface area contributed by atoms with E-state index in [1.165, 1.54) is 0 Å². The zero-order valence-corrected chi connectivity index (χ0v) is 13.5. The van der Waals surface area contributed by atoms with Gasteiger partial charge in [0, 0.05) is 6.54 Å². The van der Waals surface area contributed by atoms with E-state index in [1.807, 2.05) is 18.7 Å². The molecule has 0 aliphatic carbocycles. The molecule has 0 fully saturated rings. The Morgan fingerprint density at radius 2 is 1.64 bits per heavy atom. The molecule has 1 unspecified atom stereocenters. The molecule has 8 N–H and O–H groups in total. The molecule has 0 bridgehead atoms. The van der Waals surface area contributed by atoms with Crippen LogP contribution in [0, 0.1) is 6.92 Å². The molecular formula is C12H18N10O3. The summed E-state index contributed by atoms with van der Waals surface area (Å²) in [6, 6.07) is 0. The van der Waals surface area contributed by atoms with E-state index in [4.69, 9.17) is 11.5 Å². The molecule has 2 aromatic heterocycles. The smallest absolute Gasteiger partial charge is 0.330 e. The van der Waals surface area contributed by atoms with E-state index in [0.29, 0.717) is 12.5 Å². The van der Waals surface area contributed by atoms with Gasteiger partial charge in [0.2, 0.25) is 11.9 Å². The van der Waals surface area contributed by atoms with Gasteiger partial charge in [-0.15, -0.1) is 0 Å². The molecule has 0 spiro atoms. The number of nitrogens with two attached hydrogens (primary N) is 2. The number of rotatable bonds is 2. The van der Waals surface area contributed by atoms with Crippen LogP contribution in [0.25, 0.3) is 0 Å². The van der Waals surface area contributed by atoms with Gasteiger partial charge in [0.15, 0.2) is 6.17 Å². The molecule has 0 radical (unpaired) electrons. The first-order chi connectivity index (χ1) is 11.8. The molecule has 1 aliphatic heterocycles. The minimum atomic E-state index is -0.802. The second-order valence-corrected chi connectivity index (χ2v) is 4.90. The Labute approximate surface area is 139 Å². The van der Waals surface area contributed by atoms with Crippen molar-refractivity contribution >= 4 is 11.9 Å². The molecule has 13 heteroatoms.